The van der Waals surface area contributed by atoms with Gasteiger partial charge in [0.05, 0.1) is 11.3 Å². The van der Waals surface area contributed by atoms with Crippen molar-refractivity contribution in [3.8, 4) is 11.1 Å². The van der Waals surface area contributed by atoms with Crippen LogP contribution >= 0.6 is 11.6 Å². The summed E-state index contributed by atoms with van der Waals surface area (Å²) in [5.41, 5.74) is 8.31. The molecule has 20 heavy (non-hydrogen) atoms. The fraction of sp³-hybridized carbons (Fsp3) is 0.267. The summed E-state index contributed by atoms with van der Waals surface area (Å²) in [4.78, 5) is 19.8. The number of primary amides is 1. The Kier molecular flexibility index (Phi) is 4.69. The molecule has 0 atom stereocenters. The monoisotopic (exact) mass is 289 g/mol. The zero-order valence-electron chi connectivity index (χ0n) is 11.3. The number of unbranched alkanes of at least 4 members (excludes halogenated alkanes) is 1. The van der Waals surface area contributed by atoms with Gasteiger partial charge in [0.15, 0.2) is 0 Å². The van der Waals surface area contributed by atoms with Crippen molar-refractivity contribution in [3.63, 3.8) is 0 Å². The van der Waals surface area contributed by atoms with Gasteiger partial charge in [0.2, 0.25) is 0 Å². The molecule has 0 saturated carbocycles. The number of amides is 1. The number of nitrogens with two attached hydrogens (primary N) is 1. The highest BCUT2D eigenvalue weighted by Gasteiger charge is 2.15. The van der Waals surface area contributed by atoms with Crippen LogP contribution in [0.2, 0.25) is 5.15 Å². The van der Waals surface area contributed by atoms with Gasteiger partial charge in [-0.2, -0.15) is 0 Å². The molecule has 2 heterocycles. The third kappa shape index (κ3) is 3.14. The minimum Gasteiger partial charge on any atom is -0.366 e. The molecule has 5 heteroatoms. The molecule has 0 saturated heterocycles. The largest absolute Gasteiger partial charge is 0.366 e. The first-order chi connectivity index (χ1) is 9.63. The van der Waals surface area contributed by atoms with Crippen molar-refractivity contribution in [2.24, 2.45) is 5.73 Å². The van der Waals surface area contributed by atoms with Crippen molar-refractivity contribution in [2.45, 2.75) is 26.2 Å². The Morgan fingerprint density at radius 3 is 2.65 bits per heavy atom. The lowest BCUT2D eigenvalue weighted by atomic mass is 10.00. The molecular formula is C15H16ClN3O. The molecule has 0 fully saturated rings. The van der Waals surface area contributed by atoms with Crippen molar-refractivity contribution in [2.75, 3.05) is 0 Å². The summed E-state index contributed by atoms with van der Waals surface area (Å²) in [5, 5.41) is 0.168. The Labute approximate surface area is 123 Å². The Balaban J connectivity index is 2.55. The number of carbonyl (C=O) groups is 1. The van der Waals surface area contributed by atoms with Crippen molar-refractivity contribution in [1.29, 1.82) is 0 Å². The van der Waals surface area contributed by atoms with Crippen LogP contribution in [0.25, 0.3) is 11.1 Å². The molecule has 0 unspecified atom stereocenters. The van der Waals surface area contributed by atoms with Crippen LogP contribution in [0.5, 0.6) is 0 Å². The quantitative estimate of drug-likeness (QED) is 0.859. The molecule has 2 N–H and O–H groups in total. The summed E-state index contributed by atoms with van der Waals surface area (Å²) >= 11 is 6.04. The summed E-state index contributed by atoms with van der Waals surface area (Å²) in [5.74, 6) is -0.570. The number of hydrogen-bond donors (Lipinski definition) is 1. The Morgan fingerprint density at radius 1 is 1.35 bits per heavy atom. The SMILES string of the molecule is CCCCc1nc(Cl)c(C(N)=O)cc1-c1ccncc1. The topological polar surface area (TPSA) is 68.9 Å². The fourth-order valence-electron chi connectivity index (χ4n) is 2.02. The number of pyridine rings is 2. The first-order valence-corrected chi connectivity index (χ1v) is 6.91. The molecule has 2 rings (SSSR count). The second-order valence-corrected chi connectivity index (χ2v) is 4.88. The van der Waals surface area contributed by atoms with Crippen molar-refractivity contribution in [3.05, 3.63) is 47.0 Å². The molecule has 2 aromatic rings. The minimum absolute atomic E-state index is 0.168. The van der Waals surface area contributed by atoms with Crippen LogP contribution in [-0.4, -0.2) is 15.9 Å². The lowest BCUT2D eigenvalue weighted by Crippen LogP contribution is -2.13. The standard InChI is InChI=1S/C15H16ClN3O/c1-2-3-4-13-11(10-5-7-18-8-6-10)9-12(15(17)20)14(16)19-13/h5-9H,2-4H2,1H3,(H2,17,20). The molecule has 0 radical (unpaired) electrons. The molecule has 0 aliphatic heterocycles. The highest BCUT2D eigenvalue weighted by molar-refractivity contribution is 6.32. The summed E-state index contributed by atoms with van der Waals surface area (Å²) in [6.07, 6.45) is 6.30. The van der Waals surface area contributed by atoms with Gasteiger partial charge in [0.1, 0.15) is 5.15 Å². The van der Waals surface area contributed by atoms with Gasteiger partial charge in [-0.3, -0.25) is 9.78 Å². The Hall–Kier alpha value is -1.94. The van der Waals surface area contributed by atoms with Gasteiger partial charge in [-0.1, -0.05) is 24.9 Å². The van der Waals surface area contributed by atoms with E-state index >= 15 is 0 Å². The van der Waals surface area contributed by atoms with Crippen LogP contribution in [0.1, 0.15) is 35.8 Å². The highest BCUT2D eigenvalue weighted by atomic mass is 35.5. The maximum absolute atomic E-state index is 11.4. The van der Waals surface area contributed by atoms with Crippen LogP contribution in [0.4, 0.5) is 0 Å². The van der Waals surface area contributed by atoms with Gasteiger partial charge in [0, 0.05) is 18.0 Å². The second-order valence-electron chi connectivity index (χ2n) is 4.52. The van der Waals surface area contributed by atoms with Crippen molar-refractivity contribution < 1.29 is 4.79 Å². The number of nitrogens with zero attached hydrogens (tertiary/aromatic N) is 2. The average molecular weight is 290 g/mol. The van der Waals surface area contributed by atoms with E-state index in [0.717, 1.165) is 36.1 Å². The zero-order valence-corrected chi connectivity index (χ0v) is 12.0. The van der Waals surface area contributed by atoms with Gasteiger partial charge in [-0.25, -0.2) is 4.98 Å². The summed E-state index contributed by atoms with van der Waals surface area (Å²) < 4.78 is 0. The minimum atomic E-state index is -0.570. The van der Waals surface area contributed by atoms with E-state index < -0.39 is 5.91 Å². The molecule has 2 aromatic heterocycles. The van der Waals surface area contributed by atoms with Gasteiger partial charge < -0.3 is 5.73 Å². The maximum atomic E-state index is 11.4. The molecule has 104 valence electrons. The van der Waals surface area contributed by atoms with Crippen LogP contribution in [-0.2, 0) is 6.42 Å². The number of hydrogen-bond acceptors (Lipinski definition) is 3. The predicted octanol–water partition coefficient (Wildman–Crippen LogP) is 3.24. The molecule has 4 nitrogen and oxygen atoms in total. The average Bonchev–Trinajstić information content (AvgIpc) is 2.45. The highest BCUT2D eigenvalue weighted by Crippen LogP contribution is 2.27. The van der Waals surface area contributed by atoms with Crippen LogP contribution in [0.15, 0.2) is 30.6 Å². The first-order valence-electron chi connectivity index (χ1n) is 6.53. The van der Waals surface area contributed by atoms with E-state index in [2.05, 4.69) is 16.9 Å². The number of carbonyl (C=O) groups excluding carboxylic acids is 1. The molecule has 0 spiro atoms. The lowest BCUT2D eigenvalue weighted by Gasteiger charge is -2.11. The van der Waals surface area contributed by atoms with E-state index in [1.807, 2.05) is 12.1 Å². The van der Waals surface area contributed by atoms with Crippen molar-refractivity contribution >= 4 is 17.5 Å². The van der Waals surface area contributed by atoms with Crippen LogP contribution in [0, 0.1) is 0 Å². The third-order valence-corrected chi connectivity index (χ3v) is 3.37. The number of aryl methyl sites for hydroxylation is 1. The van der Waals surface area contributed by atoms with Gasteiger partial charge in [-0.15, -0.1) is 0 Å². The van der Waals surface area contributed by atoms with Gasteiger partial charge >= 0.3 is 0 Å². The van der Waals surface area contributed by atoms with E-state index in [-0.39, 0.29) is 10.7 Å². The summed E-state index contributed by atoms with van der Waals surface area (Å²) in [6, 6.07) is 5.48. The van der Waals surface area contributed by atoms with Crippen molar-refractivity contribution in [1.82, 2.24) is 9.97 Å². The summed E-state index contributed by atoms with van der Waals surface area (Å²) in [7, 11) is 0. The molecular weight excluding hydrogens is 274 g/mol. The lowest BCUT2D eigenvalue weighted by molar-refractivity contribution is 0.1000. The number of aromatic nitrogens is 2. The van der Waals surface area contributed by atoms with E-state index in [1.165, 1.54) is 0 Å². The Bertz CT molecular complexity index is 614. The summed E-state index contributed by atoms with van der Waals surface area (Å²) in [6.45, 7) is 2.12. The van der Waals surface area contributed by atoms with E-state index in [1.54, 1.807) is 18.5 Å². The van der Waals surface area contributed by atoms with Gasteiger partial charge in [0.25, 0.3) is 5.91 Å². The predicted molar refractivity (Wildman–Crippen MR) is 79.6 cm³/mol. The van der Waals surface area contributed by atoms with E-state index in [9.17, 15) is 4.79 Å². The molecule has 0 aromatic carbocycles. The maximum Gasteiger partial charge on any atom is 0.251 e. The number of halogens is 1. The fourth-order valence-corrected chi connectivity index (χ4v) is 2.26. The second kappa shape index (κ2) is 6.48. The zero-order chi connectivity index (χ0) is 14.5. The number of rotatable bonds is 5. The molecule has 1 amide bonds. The first kappa shape index (κ1) is 14.5. The third-order valence-electron chi connectivity index (χ3n) is 3.08. The van der Waals surface area contributed by atoms with E-state index in [0.29, 0.717) is 0 Å². The van der Waals surface area contributed by atoms with Crippen LogP contribution in [0.3, 0.4) is 0 Å². The smallest absolute Gasteiger partial charge is 0.251 e. The normalized spacial score (nSPS) is 10.5. The molecule has 0 bridgehead atoms. The molecule has 0 aliphatic carbocycles. The van der Waals surface area contributed by atoms with E-state index in [4.69, 9.17) is 17.3 Å². The van der Waals surface area contributed by atoms with Crippen LogP contribution < -0.4 is 5.73 Å². The Morgan fingerprint density at radius 2 is 2.05 bits per heavy atom. The van der Waals surface area contributed by atoms with Gasteiger partial charge in [-0.05, 0) is 36.6 Å². The molecule has 0 aliphatic rings.